The summed E-state index contributed by atoms with van der Waals surface area (Å²) < 4.78 is 33.2. The van der Waals surface area contributed by atoms with Crippen molar-refractivity contribution in [3.8, 4) is 17.1 Å². The fourth-order valence-corrected chi connectivity index (χ4v) is 9.54. The number of aromatic nitrogens is 4. The molecule has 48 heavy (non-hydrogen) atoms. The normalized spacial score (nSPS) is 26.0. The molecule has 252 valence electrons. The first-order valence-electron chi connectivity index (χ1n) is 17.9. The van der Waals surface area contributed by atoms with Gasteiger partial charge in [0, 0.05) is 79.8 Å². The molecule has 9 nitrogen and oxygen atoms in total. The number of nitriles is 1. The summed E-state index contributed by atoms with van der Waals surface area (Å²) in [5, 5.41) is 18.9. The molecule has 0 bridgehead atoms. The number of hydrogen-bond acceptors (Lipinski definition) is 6. The molecule has 1 amide bonds. The van der Waals surface area contributed by atoms with Crippen molar-refractivity contribution in [2.45, 2.75) is 102 Å². The fraction of sp³-hybridized carbons (Fsp3) is 0.611. The summed E-state index contributed by atoms with van der Waals surface area (Å²) >= 11 is 0. The first-order valence-corrected chi connectivity index (χ1v) is 17.9. The molecule has 1 spiro atoms. The SMILES string of the molecule is CC(=O)N1CCc2c(c(N3CCCc4cc(-c5cnn(C)c5)c(C(F)F)cc43)nn2C2CCC3(CC2)CC(N2CCB(C#N)CC2)C3)C1. The van der Waals surface area contributed by atoms with E-state index in [-0.39, 0.29) is 18.2 Å². The van der Waals surface area contributed by atoms with Crippen LogP contribution in [0.5, 0.6) is 0 Å². The maximum Gasteiger partial charge on any atom is 0.270 e. The zero-order valence-corrected chi connectivity index (χ0v) is 28.2. The van der Waals surface area contributed by atoms with Gasteiger partial charge in [-0.15, -0.1) is 0 Å². The molecule has 3 fully saturated rings. The van der Waals surface area contributed by atoms with Crippen LogP contribution in [0, 0.1) is 16.6 Å². The average Bonchev–Trinajstić information content (AvgIpc) is 3.69. The highest BCUT2D eigenvalue weighted by molar-refractivity contribution is 6.67. The number of anilines is 2. The van der Waals surface area contributed by atoms with Gasteiger partial charge in [-0.1, -0.05) is 0 Å². The van der Waals surface area contributed by atoms with Crippen LogP contribution in [-0.4, -0.2) is 74.2 Å². The van der Waals surface area contributed by atoms with Gasteiger partial charge in [0.15, 0.2) is 5.82 Å². The summed E-state index contributed by atoms with van der Waals surface area (Å²) in [6, 6.07) is 4.59. The van der Waals surface area contributed by atoms with Crippen molar-refractivity contribution in [2.75, 3.05) is 31.1 Å². The number of hydrogen-bond donors (Lipinski definition) is 0. The fourth-order valence-electron chi connectivity index (χ4n) is 9.54. The molecule has 0 unspecified atom stereocenters. The number of amides is 1. The standard InChI is InChI=1S/C36H45BF2N8O/c1-24(48)45-13-7-32-31(22-45)35(46-12-3-4-25-16-29(26-20-41-43(2)21-26)30(34(38)39)17-33(25)46)42-47(32)27-5-8-36(9-6-27)18-28(19-36)44-14-10-37(23-40)11-15-44/h16-17,20-21,27-28,34H,3-15,18-19,22H2,1-2H3. The molecule has 8 rings (SSSR count). The predicted octanol–water partition coefficient (Wildman–Crippen LogP) is 6.35. The summed E-state index contributed by atoms with van der Waals surface area (Å²) in [7, 11) is 1.80. The lowest BCUT2D eigenvalue weighted by molar-refractivity contribution is -0.129. The van der Waals surface area contributed by atoms with Crippen LogP contribution in [0.25, 0.3) is 11.1 Å². The van der Waals surface area contributed by atoms with Crippen LogP contribution in [0.3, 0.4) is 0 Å². The van der Waals surface area contributed by atoms with Crippen LogP contribution in [-0.2, 0) is 31.2 Å². The van der Waals surface area contributed by atoms with Gasteiger partial charge in [-0.25, -0.2) is 14.0 Å². The Labute approximate surface area is 281 Å². The Bertz CT molecular complexity index is 1740. The van der Waals surface area contributed by atoms with E-state index in [1.165, 1.54) is 31.4 Å². The van der Waals surface area contributed by atoms with E-state index in [2.05, 4.69) is 25.5 Å². The van der Waals surface area contributed by atoms with Crippen LogP contribution in [0.2, 0.25) is 12.6 Å². The third-order valence-electron chi connectivity index (χ3n) is 12.3. The Kier molecular flexibility index (Phi) is 8.09. The number of halogens is 2. The van der Waals surface area contributed by atoms with Crippen molar-refractivity contribution < 1.29 is 13.6 Å². The van der Waals surface area contributed by atoms with Crippen LogP contribution in [0.15, 0.2) is 24.5 Å². The molecular weight excluding hydrogens is 609 g/mol. The van der Waals surface area contributed by atoms with Crippen molar-refractivity contribution in [2.24, 2.45) is 12.5 Å². The number of aryl methyl sites for hydroxylation is 2. The zero-order valence-electron chi connectivity index (χ0n) is 28.2. The van der Waals surface area contributed by atoms with Crippen molar-refractivity contribution in [1.82, 2.24) is 29.4 Å². The molecule has 2 aromatic heterocycles. The van der Waals surface area contributed by atoms with Gasteiger partial charge in [0.25, 0.3) is 13.1 Å². The number of rotatable bonds is 5. The van der Waals surface area contributed by atoms with Crippen molar-refractivity contribution in [3.05, 3.63) is 46.9 Å². The summed E-state index contributed by atoms with van der Waals surface area (Å²) in [5.41, 5.74) is 5.81. The summed E-state index contributed by atoms with van der Waals surface area (Å²) in [6.45, 7) is 5.85. The number of carbonyl (C=O) groups excluding carboxylic acids is 1. The highest BCUT2D eigenvalue weighted by atomic mass is 19.3. The number of alkyl halides is 2. The third-order valence-corrected chi connectivity index (χ3v) is 12.3. The molecule has 5 heterocycles. The van der Waals surface area contributed by atoms with Crippen LogP contribution in [0.1, 0.15) is 86.7 Å². The van der Waals surface area contributed by atoms with E-state index in [1.807, 2.05) is 11.0 Å². The highest BCUT2D eigenvalue weighted by Crippen LogP contribution is 2.56. The third kappa shape index (κ3) is 5.52. The van der Waals surface area contributed by atoms with E-state index < -0.39 is 6.43 Å². The molecule has 5 aliphatic rings. The number of benzene rings is 1. The van der Waals surface area contributed by atoms with Crippen LogP contribution >= 0.6 is 0 Å². The van der Waals surface area contributed by atoms with Crippen molar-refractivity contribution in [3.63, 3.8) is 0 Å². The second kappa shape index (κ2) is 12.3. The Morgan fingerprint density at radius 2 is 1.85 bits per heavy atom. The second-order valence-corrected chi connectivity index (χ2v) is 15.1. The van der Waals surface area contributed by atoms with E-state index >= 15 is 0 Å². The second-order valence-electron chi connectivity index (χ2n) is 15.1. The van der Waals surface area contributed by atoms with Gasteiger partial charge in [-0.2, -0.15) is 10.2 Å². The molecule has 0 atom stereocenters. The van der Waals surface area contributed by atoms with Gasteiger partial charge >= 0.3 is 0 Å². The first kappa shape index (κ1) is 31.5. The van der Waals surface area contributed by atoms with Gasteiger partial charge in [0.1, 0.15) is 0 Å². The average molecular weight is 655 g/mol. The van der Waals surface area contributed by atoms with Gasteiger partial charge < -0.3 is 14.7 Å². The van der Waals surface area contributed by atoms with E-state index in [1.54, 1.807) is 37.1 Å². The first-order chi connectivity index (χ1) is 23.2. The monoisotopic (exact) mass is 654 g/mol. The lowest BCUT2D eigenvalue weighted by Gasteiger charge is -2.55. The minimum atomic E-state index is -2.63. The van der Waals surface area contributed by atoms with Gasteiger partial charge in [0.05, 0.1) is 18.8 Å². The van der Waals surface area contributed by atoms with Crippen LogP contribution in [0.4, 0.5) is 20.3 Å². The van der Waals surface area contributed by atoms with E-state index in [0.29, 0.717) is 48.3 Å². The zero-order chi connectivity index (χ0) is 33.2. The van der Waals surface area contributed by atoms with E-state index in [4.69, 9.17) is 5.10 Å². The number of fused-ring (bicyclic) bond motifs is 2. The van der Waals surface area contributed by atoms with E-state index in [9.17, 15) is 18.8 Å². The summed E-state index contributed by atoms with van der Waals surface area (Å²) in [6.07, 6.45) is 12.4. The minimum absolute atomic E-state index is 0.0122. The smallest absolute Gasteiger partial charge is 0.270 e. The lowest BCUT2D eigenvalue weighted by atomic mass is 9.45. The molecule has 3 aromatic rings. The Morgan fingerprint density at radius 3 is 2.52 bits per heavy atom. The molecular formula is C36H45BF2N8O. The van der Waals surface area contributed by atoms with Crippen molar-refractivity contribution in [1.29, 1.82) is 5.26 Å². The minimum Gasteiger partial charge on any atom is -0.338 e. The quantitative estimate of drug-likeness (QED) is 0.299. The molecule has 0 radical (unpaired) electrons. The maximum absolute atomic E-state index is 14.6. The number of carbonyl (C=O) groups is 1. The van der Waals surface area contributed by atoms with E-state index in [0.717, 1.165) is 80.5 Å². The van der Waals surface area contributed by atoms with Crippen LogP contribution < -0.4 is 4.90 Å². The molecule has 3 aliphatic heterocycles. The topological polar surface area (TPSA) is 86.2 Å². The summed E-state index contributed by atoms with van der Waals surface area (Å²) in [5.74, 6) is 3.34. The molecule has 1 aromatic carbocycles. The van der Waals surface area contributed by atoms with Gasteiger partial charge in [-0.05, 0) is 106 Å². The van der Waals surface area contributed by atoms with Gasteiger partial charge in [0.2, 0.25) is 5.91 Å². The maximum atomic E-state index is 14.6. The molecule has 12 heteroatoms. The molecule has 0 N–H and O–H groups in total. The molecule has 2 aliphatic carbocycles. The lowest BCUT2D eigenvalue weighted by Crippen LogP contribution is -2.54. The highest BCUT2D eigenvalue weighted by Gasteiger charge is 2.49. The Hall–Kier alpha value is -3.72. The molecule has 2 saturated carbocycles. The molecule has 1 saturated heterocycles. The van der Waals surface area contributed by atoms with Crippen molar-refractivity contribution >= 4 is 24.1 Å². The largest absolute Gasteiger partial charge is 0.338 e. The predicted molar refractivity (Wildman–Crippen MR) is 181 cm³/mol. The van der Waals surface area contributed by atoms with Gasteiger partial charge in [-0.3, -0.25) is 14.2 Å². The summed E-state index contributed by atoms with van der Waals surface area (Å²) in [4.78, 5) is 19.2. The Balaban J connectivity index is 1.07. The number of nitrogens with zero attached hydrogens (tertiary/aromatic N) is 8. The Morgan fingerprint density at radius 1 is 1.08 bits per heavy atom.